The van der Waals surface area contributed by atoms with Crippen LogP contribution < -0.4 is 5.32 Å². The number of pyridine rings is 1. The first-order chi connectivity index (χ1) is 9.65. The molecule has 6 heteroatoms. The number of nitrogens with one attached hydrogen (secondary N) is 1. The maximum absolute atomic E-state index is 13.2. The Kier molecular flexibility index (Phi) is 3.38. The fourth-order valence-electron chi connectivity index (χ4n) is 3.09. The molecule has 2 atom stereocenters. The van der Waals surface area contributed by atoms with Gasteiger partial charge in [0.15, 0.2) is 0 Å². The molecule has 2 unspecified atom stereocenters. The molecule has 0 spiro atoms. The van der Waals surface area contributed by atoms with Crippen LogP contribution in [-0.4, -0.2) is 40.3 Å². The van der Waals surface area contributed by atoms with E-state index in [1.807, 2.05) is 0 Å². The summed E-state index contributed by atoms with van der Waals surface area (Å²) in [4.78, 5) is 29.5. The molecule has 106 valence electrons. The highest BCUT2D eigenvalue weighted by Crippen LogP contribution is 2.27. The lowest BCUT2D eigenvalue weighted by atomic mass is 9.87. The largest absolute Gasteiger partial charge is 0.350 e. The van der Waals surface area contributed by atoms with Crippen molar-refractivity contribution >= 4 is 11.8 Å². The second-order valence-electron chi connectivity index (χ2n) is 5.35. The number of hydrogen-bond donors (Lipinski definition) is 1. The van der Waals surface area contributed by atoms with Gasteiger partial charge in [0.05, 0.1) is 17.8 Å². The second kappa shape index (κ2) is 5.19. The maximum atomic E-state index is 13.2. The molecule has 20 heavy (non-hydrogen) atoms. The number of hydrogen-bond acceptors (Lipinski definition) is 3. The maximum Gasteiger partial charge on any atom is 0.256 e. The third kappa shape index (κ3) is 2.37. The Morgan fingerprint density at radius 2 is 2.15 bits per heavy atom. The standard InChI is InChI=1S/C14H16FN3O2/c15-10-5-9(6-16-7-10)14(20)18-8-13(19)17-11-3-1-2-4-12(11)18/h5-7,11-12H,1-4,8H2,(H,17,19). The molecule has 2 fully saturated rings. The van der Waals surface area contributed by atoms with Crippen molar-refractivity contribution in [2.24, 2.45) is 0 Å². The second-order valence-corrected chi connectivity index (χ2v) is 5.35. The number of fused-ring (bicyclic) bond motifs is 1. The van der Waals surface area contributed by atoms with Crippen LogP contribution in [0.25, 0.3) is 0 Å². The monoisotopic (exact) mass is 277 g/mol. The Bertz CT molecular complexity index is 549. The van der Waals surface area contributed by atoms with Gasteiger partial charge in [0.25, 0.3) is 5.91 Å². The van der Waals surface area contributed by atoms with E-state index in [2.05, 4.69) is 10.3 Å². The Labute approximate surface area is 116 Å². The van der Waals surface area contributed by atoms with Gasteiger partial charge in [-0.15, -0.1) is 0 Å². The van der Waals surface area contributed by atoms with Crippen LogP contribution in [0.4, 0.5) is 4.39 Å². The van der Waals surface area contributed by atoms with E-state index in [1.165, 1.54) is 12.3 Å². The van der Waals surface area contributed by atoms with E-state index in [0.717, 1.165) is 31.9 Å². The third-order valence-electron chi connectivity index (χ3n) is 4.00. The van der Waals surface area contributed by atoms with E-state index >= 15 is 0 Å². The average Bonchev–Trinajstić information content (AvgIpc) is 2.45. The minimum Gasteiger partial charge on any atom is -0.350 e. The van der Waals surface area contributed by atoms with Gasteiger partial charge in [-0.25, -0.2) is 4.39 Å². The minimum absolute atomic E-state index is 0.0113. The van der Waals surface area contributed by atoms with E-state index in [0.29, 0.717) is 0 Å². The fraction of sp³-hybridized carbons (Fsp3) is 0.500. The number of rotatable bonds is 1. The summed E-state index contributed by atoms with van der Waals surface area (Å²) in [6, 6.07) is 1.20. The van der Waals surface area contributed by atoms with Crippen molar-refractivity contribution in [1.29, 1.82) is 0 Å². The van der Waals surface area contributed by atoms with Gasteiger partial charge in [0.1, 0.15) is 12.4 Å². The quantitative estimate of drug-likeness (QED) is 0.836. The first-order valence-electron chi connectivity index (χ1n) is 6.86. The van der Waals surface area contributed by atoms with Gasteiger partial charge in [0, 0.05) is 12.2 Å². The summed E-state index contributed by atoms with van der Waals surface area (Å²) in [5.41, 5.74) is 0.198. The summed E-state index contributed by atoms with van der Waals surface area (Å²) in [6.07, 6.45) is 6.27. The molecular weight excluding hydrogens is 261 g/mol. The fourth-order valence-corrected chi connectivity index (χ4v) is 3.09. The molecule has 0 bridgehead atoms. The average molecular weight is 277 g/mol. The Hall–Kier alpha value is -1.98. The van der Waals surface area contributed by atoms with Crippen molar-refractivity contribution < 1.29 is 14.0 Å². The summed E-state index contributed by atoms with van der Waals surface area (Å²) < 4.78 is 13.2. The van der Waals surface area contributed by atoms with E-state index in [-0.39, 0.29) is 36.0 Å². The Morgan fingerprint density at radius 1 is 1.35 bits per heavy atom. The van der Waals surface area contributed by atoms with Crippen LogP contribution in [0.2, 0.25) is 0 Å². The smallest absolute Gasteiger partial charge is 0.256 e. The van der Waals surface area contributed by atoms with Crippen LogP contribution in [0, 0.1) is 5.82 Å². The molecule has 3 rings (SSSR count). The number of piperazine rings is 1. The van der Waals surface area contributed by atoms with Crippen molar-refractivity contribution in [3.8, 4) is 0 Å². The van der Waals surface area contributed by atoms with Gasteiger partial charge in [-0.3, -0.25) is 14.6 Å². The van der Waals surface area contributed by atoms with Gasteiger partial charge in [0.2, 0.25) is 5.91 Å². The predicted molar refractivity (Wildman–Crippen MR) is 69.4 cm³/mol. The SMILES string of the molecule is O=C1CN(C(=O)c2cncc(F)c2)C2CCCCC2N1. The summed E-state index contributed by atoms with van der Waals surface area (Å²) >= 11 is 0. The molecule has 5 nitrogen and oxygen atoms in total. The van der Waals surface area contributed by atoms with Crippen molar-refractivity contribution in [3.63, 3.8) is 0 Å². The number of aromatic nitrogens is 1. The van der Waals surface area contributed by atoms with E-state index in [1.54, 1.807) is 4.90 Å². The highest BCUT2D eigenvalue weighted by molar-refractivity contribution is 5.97. The number of nitrogens with zero attached hydrogens (tertiary/aromatic N) is 2. The van der Waals surface area contributed by atoms with Crippen molar-refractivity contribution in [2.45, 2.75) is 37.8 Å². The number of carbonyl (C=O) groups is 2. The zero-order valence-corrected chi connectivity index (χ0v) is 11.0. The van der Waals surface area contributed by atoms with Crippen LogP contribution in [0.15, 0.2) is 18.5 Å². The molecule has 1 aliphatic heterocycles. The first-order valence-corrected chi connectivity index (χ1v) is 6.86. The zero-order valence-electron chi connectivity index (χ0n) is 11.0. The van der Waals surface area contributed by atoms with Crippen LogP contribution in [0.1, 0.15) is 36.0 Å². The lowest BCUT2D eigenvalue weighted by Gasteiger charge is -2.43. The lowest BCUT2D eigenvalue weighted by molar-refractivity contribution is -0.127. The molecule has 2 aliphatic rings. The molecule has 2 amide bonds. The van der Waals surface area contributed by atoms with Gasteiger partial charge in [-0.05, 0) is 18.9 Å². The summed E-state index contributed by atoms with van der Waals surface area (Å²) in [6.45, 7) is 0.0382. The summed E-state index contributed by atoms with van der Waals surface area (Å²) in [7, 11) is 0. The van der Waals surface area contributed by atoms with Crippen LogP contribution in [0.3, 0.4) is 0 Å². The normalized spacial score (nSPS) is 25.9. The van der Waals surface area contributed by atoms with E-state index in [4.69, 9.17) is 0 Å². The molecule has 1 saturated carbocycles. The lowest BCUT2D eigenvalue weighted by Crippen LogP contribution is -2.62. The van der Waals surface area contributed by atoms with Crippen molar-refractivity contribution in [1.82, 2.24) is 15.2 Å². The topological polar surface area (TPSA) is 62.3 Å². The highest BCUT2D eigenvalue weighted by atomic mass is 19.1. The molecule has 2 heterocycles. The molecular formula is C14H16FN3O2. The van der Waals surface area contributed by atoms with Gasteiger partial charge in [-0.1, -0.05) is 12.8 Å². The molecule has 0 aromatic carbocycles. The highest BCUT2D eigenvalue weighted by Gasteiger charge is 2.39. The van der Waals surface area contributed by atoms with Gasteiger partial charge >= 0.3 is 0 Å². The molecule has 1 saturated heterocycles. The van der Waals surface area contributed by atoms with Crippen LogP contribution >= 0.6 is 0 Å². The van der Waals surface area contributed by atoms with Crippen molar-refractivity contribution in [2.75, 3.05) is 6.54 Å². The number of halogens is 1. The summed E-state index contributed by atoms with van der Waals surface area (Å²) in [5, 5.41) is 2.94. The number of carbonyl (C=O) groups excluding carboxylic acids is 2. The first kappa shape index (κ1) is 13.0. The minimum atomic E-state index is -0.544. The van der Waals surface area contributed by atoms with Crippen molar-refractivity contribution in [3.05, 3.63) is 29.8 Å². The predicted octanol–water partition coefficient (Wildman–Crippen LogP) is 1.10. The molecule has 1 N–H and O–H groups in total. The number of amides is 2. The zero-order chi connectivity index (χ0) is 14.1. The van der Waals surface area contributed by atoms with Gasteiger partial charge in [-0.2, -0.15) is 0 Å². The van der Waals surface area contributed by atoms with E-state index in [9.17, 15) is 14.0 Å². The van der Waals surface area contributed by atoms with Crippen LogP contribution in [0.5, 0.6) is 0 Å². The Balaban J connectivity index is 1.86. The molecule has 1 aromatic heterocycles. The molecule has 1 aliphatic carbocycles. The van der Waals surface area contributed by atoms with Gasteiger partial charge < -0.3 is 10.2 Å². The van der Waals surface area contributed by atoms with E-state index < -0.39 is 5.82 Å². The molecule has 1 aromatic rings. The summed E-state index contributed by atoms with van der Waals surface area (Å²) in [5.74, 6) is -1.01. The molecule has 0 radical (unpaired) electrons. The third-order valence-corrected chi connectivity index (χ3v) is 4.00. The van der Waals surface area contributed by atoms with Crippen LogP contribution in [-0.2, 0) is 4.79 Å². The Morgan fingerprint density at radius 3 is 2.95 bits per heavy atom.